The summed E-state index contributed by atoms with van der Waals surface area (Å²) < 4.78 is 0. The van der Waals surface area contributed by atoms with Crippen LogP contribution in [0.15, 0.2) is 0 Å². The summed E-state index contributed by atoms with van der Waals surface area (Å²) in [4.78, 5) is 35.3. The fourth-order valence-corrected chi connectivity index (χ4v) is 2.36. The number of ketones is 1. The number of nitrogens with one attached hydrogen (secondary N) is 2. The minimum absolute atomic E-state index is 0.00397. The first-order chi connectivity index (χ1) is 11.8. The van der Waals surface area contributed by atoms with Gasteiger partial charge in [0.05, 0.1) is 12.1 Å². The van der Waals surface area contributed by atoms with Gasteiger partial charge in [0.1, 0.15) is 6.61 Å². The highest BCUT2D eigenvalue weighted by Crippen LogP contribution is 2.09. The molecule has 0 saturated carbocycles. The largest absolute Gasteiger partial charge is 0.387 e. The predicted molar refractivity (Wildman–Crippen MR) is 96.6 cm³/mol. The number of aliphatic hydroxyl groups is 1. The molecule has 0 radical (unpaired) electrons. The van der Waals surface area contributed by atoms with Crippen LogP contribution in [0.5, 0.6) is 0 Å². The fourth-order valence-electron chi connectivity index (χ4n) is 2.36. The molecule has 0 aliphatic heterocycles. The van der Waals surface area contributed by atoms with E-state index < -0.39 is 24.6 Å². The van der Waals surface area contributed by atoms with E-state index in [4.69, 9.17) is 16.6 Å². The van der Waals surface area contributed by atoms with Crippen LogP contribution in [0, 0.1) is 5.92 Å². The van der Waals surface area contributed by atoms with Gasteiger partial charge in [0, 0.05) is 12.5 Å². The van der Waals surface area contributed by atoms with Gasteiger partial charge in [-0.2, -0.15) is 0 Å². The van der Waals surface area contributed by atoms with Crippen LogP contribution in [0.3, 0.4) is 0 Å². The molecule has 0 rings (SSSR count). The molecule has 0 aliphatic rings. The Bertz CT molecular complexity index is 415. The van der Waals surface area contributed by atoms with Crippen molar-refractivity contribution < 1.29 is 19.5 Å². The van der Waals surface area contributed by atoms with Crippen LogP contribution in [-0.4, -0.2) is 54.5 Å². The quantitative estimate of drug-likeness (QED) is 0.263. The molecule has 8 heteroatoms. The first kappa shape index (κ1) is 23.5. The Kier molecular flexibility index (Phi) is 12.9. The lowest BCUT2D eigenvalue weighted by molar-refractivity contribution is -0.130. The predicted octanol–water partition coefficient (Wildman–Crippen LogP) is -0.569. The molecule has 0 unspecified atom stereocenters. The monoisotopic (exact) mass is 358 g/mol. The van der Waals surface area contributed by atoms with E-state index in [0.29, 0.717) is 38.8 Å². The molecule has 2 atom stereocenters. The summed E-state index contributed by atoms with van der Waals surface area (Å²) in [5, 5.41) is 13.9. The van der Waals surface area contributed by atoms with Crippen molar-refractivity contribution in [2.24, 2.45) is 17.4 Å². The molecule has 2 amide bonds. The zero-order chi connectivity index (χ0) is 19.2. The molecule has 0 heterocycles. The van der Waals surface area contributed by atoms with Crippen LogP contribution in [0.1, 0.15) is 52.4 Å². The lowest BCUT2D eigenvalue weighted by Gasteiger charge is -2.21. The van der Waals surface area contributed by atoms with Crippen molar-refractivity contribution in [2.75, 3.05) is 19.7 Å². The van der Waals surface area contributed by atoms with Crippen molar-refractivity contribution in [3.05, 3.63) is 0 Å². The molecule has 0 saturated heterocycles. The molecule has 0 aromatic carbocycles. The SMILES string of the molecule is CC(C)C(=O)[C@H](CCCCN)NC(=O)[C@@H](N)CCCCNC(=O)CO. The summed E-state index contributed by atoms with van der Waals surface area (Å²) in [7, 11) is 0. The van der Waals surface area contributed by atoms with Gasteiger partial charge >= 0.3 is 0 Å². The van der Waals surface area contributed by atoms with Gasteiger partial charge in [0.15, 0.2) is 5.78 Å². The molecule has 146 valence electrons. The molecule has 0 aliphatic carbocycles. The van der Waals surface area contributed by atoms with E-state index in [1.54, 1.807) is 0 Å². The van der Waals surface area contributed by atoms with E-state index in [1.165, 1.54) is 0 Å². The topological polar surface area (TPSA) is 148 Å². The second-order valence-electron chi connectivity index (χ2n) is 6.51. The Hall–Kier alpha value is -1.51. The number of aliphatic hydroxyl groups excluding tert-OH is 1. The fraction of sp³-hybridized carbons (Fsp3) is 0.824. The molecule has 0 aromatic rings. The maximum atomic E-state index is 12.2. The average Bonchev–Trinajstić information content (AvgIpc) is 2.59. The molecule has 8 nitrogen and oxygen atoms in total. The Morgan fingerprint density at radius 1 is 1.04 bits per heavy atom. The lowest BCUT2D eigenvalue weighted by atomic mass is 9.96. The van der Waals surface area contributed by atoms with Gasteiger partial charge in [0.25, 0.3) is 0 Å². The minimum atomic E-state index is -0.689. The number of carbonyl (C=O) groups excluding carboxylic acids is 3. The highest BCUT2D eigenvalue weighted by atomic mass is 16.3. The summed E-state index contributed by atoms with van der Waals surface area (Å²) in [6.45, 7) is 4.08. The normalized spacial score (nSPS) is 13.4. The minimum Gasteiger partial charge on any atom is -0.387 e. The number of hydrogen-bond acceptors (Lipinski definition) is 6. The van der Waals surface area contributed by atoms with E-state index in [0.717, 1.165) is 12.8 Å². The molecular formula is C17H34N4O4. The number of amides is 2. The first-order valence-corrected chi connectivity index (χ1v) is 9.00. The Morgan fingerprint density at radius 3 is 2.24 bits per heavy atom. The smallest absolute Gasteiger partial charge is 0.245 e. The van der Waals surface area contributed by atoms with Gasteiger partial charge in [-0.3, -0.25) is 14.4 Å². The van der Waals surface area contributed by atoms with Crippen LogP contribution < -0.4 is 22.1 Å². The number of unbranched alkanes of at least 4 members (excludes halogenated alkanes) is 2. The maximum absolute atomic E-state index is 12.2. The number of carbonyl (C=O) groups is 3. The third-order valence-corrected chi connectivity index (χ3v) is 3.92. The Labute approximate surface area is 150 Å². The first-order valence-electron chi connectivity index (χ1n) is 9.00. The van der Waals surface area contributed by atoms with Crippen LogP contribution in [-0.2, 0) is 14.4 Å². The third-order valence-electron chi connectivity index (χ3n) is 3.92. The molecule has 0 bridgehead atoms. The highest BCUT2D eigenvalue weighted by molar-refractivity contribution is 5.91. The summed E-state index contributed by atoms with van der Waals surface area (Å²) >= 11 is 0. The van der Waals surface area contributed by atoms with E-state index in [-0.39, 0.29) is 17.6 Å². The summed E-state index contributed by atoms with van der Waals surface area (Å²) in [6.07, 6.45) is 3.95. The molecule has 7 N–H and O–H groups in total. The van der Waals surface area contributed by atoms with Crippen molar-refractivity contribution in [1.29, 1.82) is 0 Å². The van der Waals surface area contributed by atoms with Gasteiger partial charge in [-0.25, -0.2) is 0 Å². The molecule has 0 fully saturated rings. The van der Waals surface area contributed by atoms with Crippen LogP contribution in [0.2, 0.25) is 0 Å². The number of Topliss-reactive ketones (excluding diaryl/α,β-unsaturated/α-hetero) is 1. The zero-order valence-electron chi connectivity index (χ0n) is 15.4. The second kappa shape index (κ2) is 13.7. The van der Waals surface area contributed by atoms with Crippen LogP contribution in [0.4, 0.5) is 0 Å². The van der Waals surface area contributed by atoms with Crippen molar-refractivity contribution in [3.63, 3.8) is 0 Å². The van der Waals surface area contributed by atoms with Gasteiger partial charge in [-0.15, -0.1) is 0 Å². The number of rotatable bonds is 14. The zero-order valence-corrected chi connectivity index (χ0v) is 15.4. The van der Waals surface area contributed by atoms with Crippen molar-refractivity contribution >= 4 is 17.6 Å². The standard InChI is InChI=1S/C17H34N4O4/c1-12(2)16(24)14(8-3-5-9-18)21-17(25)13(19)7-4-6-10-20-15(23)11-22/h12-14,22H,3-11,18-19H2,1-2H3,(H,20,23)(H,21,25)/t13-,14-/m0/s1. The summed E-state index contributed by atoms with van der Waals surface area (Å²) in [5.41, 5.74) is 11.4. The van der Waals surface area contributed by atoms with Crippen molar-refractivity contribution in [3.8, 4) is 0 Å². The molecule has 25 heavy (non-hydrogen) atoms. The number of nitrogens with two attached hydrogens (primary N) is 2. The Balaban J connectivity index is 4.28. The van der Waals surface area contributed by atoms with Crippen LogP contribution in [0.25, 0.3) is 0 Å². The van der Waals surface area contributed by atoms with Crippen molar-refractivity contribution in [2.45, 2.75) is 64.5 Å². The third kappa shape index (κ3) is 10.9. The highest BCUT2D eigenvalue weighted by Gasteiger charge is 2.24. The van der Waals surface area contributed by atoms with Crippen LogP contribution >= 0.6 is 0 Å². The summed E-state index contributed by atoms with van der Waals surface area (Å²) in [5.74, 6) is -0.903. The summed E-state index contributed by atoms with van der Waals surface area (Å²) in [6, 6.07) is -1.21. The van der Waals surface area contributed by atoms with E-state index in [2.05, 4.69) is 10.6 Å². The average molecular weight is 358 g/mol. The van der Waals surface area contributed by atoms with E-state index in [9.17, 15) is 14.4 Å². The van der Waals surface area contributed by atoms with Gasteiger partial charge < -0.3 is 27.2 Å². The Morgan fingerprint density at radius 2 is 1.68 bits per heavy atom. The van der Waals surface area contributed by atoms with E-state index in [1.807, 2.05) is 13.8 Å². The molecule has 0 spiro atoms. The van der Waals surface area contributed by atoms with E-state index >= 15 is 0 Å². The molecular weight excluding hydrogens is 324 g/mol. The maximum Gasteiger partial charge on any atom is 0.245 e. The van der Waals surface area contributed by atoms with Gasteiger partial charge in [-0.1, -0.05) is 13.8 Å². The van der Waals surface area contributed by atoms with Gasteiger partial charge in [0.2, 0.25) is 11.8 Å². The molecule has 0 aromatic heterocycles. The van der Waals surface area contributed by atoms with Gasteiger partial charge in [-0.05, 0) is 45.1 Å². The van der Waals surface area contributed by atoms with Crippen molar-refractivity contribution in [1.82, 2.24) is 10.6 Å². The number of hydrogen-bond donors (Lipinski definition) is 5. The lowest BCUT2D eigenvalue weighted by Crippen LogP contribution is -2.49. The second-order valence-corrected chi connectivity index (χ2v) is 6.51.